The summed E-state index contributed by atoms with van der Waals surface area (Å²) in [5.41, 5.74) is 0. The van der Waals surface area contributed by atoms with Gasteiger partial charge in [-0.3, -0.25) is 0 Å². The molecule has 0 radical (unpaired) electrons. The minimum atomic E-state index is 0. The lowest BCUT2D eigenvalue weighted by atomic mass is 15.9. The molecular formula is H3AlCl2O. The maximum atomic E-state index is 4.26. The normalized spacial score (nSPS) is 4.50. The molecule has 0 rings (SSSR count). The van der Waals surface area contributed by atoms with Crippen LogP contribution in [-0.4, -0.2) is 17.4 Å². The Bertz CT molecular complexity index is 6.00. The van der Waals surface area contributed by atoms with Crippen molar-refractivity contribution in [1.29, 1.82) is 0 Å². The van der Waals surface area contributed by atoms with Gasteiger partial charge in [-0.05, 0) is 0 Å². The molecule has 0 aromatic carbocycles. The number of halogens is 2. The Morgan fingerprint density at radius 2 is 1.25 bits per heavy atom. The summed E-state index contributed by atoms with van der Waals surface area (Å²) in [6, 6.07) is 0. The van der Waals surface area contributed by atoms with Gasteiger partial charge in [0.15, 0.2) is 17.4 Å². The van der Waals surface area contributed by atoms with Crippen LogP contribution in [0.5, 0.6) is 0 Å². The molecule has 4 heavy (non-hydrogen) atoms. The Kier molecular flexibility index (Phi) is 19.9. The topological polar surface area (TPSA) is 9.23 Å². The first-order chi connectivity index (χ1) is 1.41. The molecule has 0 fully saturated rings. The molecule has 0 aliphatic rings. The van der Waals surface area contributed by atoms with Crippen LogP contribution in [0.4, 0.5) is 0 Å². The SMILES string of the molecule is ClOCl.[AlH3]. The summed E-state index contributed by atoms with van der Waals surface area (Å²) in [4.78, 5) is 0. The van der Waals surface area contributed by atoms with Gasteiger partial charge in [-0.25, -0.2) is 0 Å². The standard InChI is InChI=1S/Al.Cl2O.3H/c;1-3-2;;;. The Hall–Kier alpha value is 1.07. The second-order valence-corrected chi connectivity index (χ2v) is 0.525. The van der Waals surface area contributed by atoms with Gasteiger partial charge in [0.2, 0.25) is 0 Å². The Labute approximate surface area is 45.3 Å². The van der Waals surface area contributed by atoms with Crippen molar-refractivity contribution >= 4 is 41.1 Å². The van der Waals surface area contributed by atoms with E-state index in [9.17, 15) is 0 Å². The van der Waals surface area contributed by atoms with E-state index in [1.807, 2.05) is 0 Å². The van der Waals surface area contributed by atoms with Crippen LogP contribution >= 0.6 is 23.7 Å². The average Bonchev–Trinajstić information content (AvgIpc) is 0.918. The lowest BCUT2D eigenvalue weighted by molar-refractivity contribution is 0.697. The molecule has 0 aliphatic heterocycles. The van der Waals surface area contributed by atoms with Gasteiger partial charge in [-0.15, -0.1) is 0 Å². The highest BCUT2D eigenvalue weighted by atomic mass is 35.6. The van der Waals surface area contributed by atoms with Crippen molar-refractivity contribution < 1.29 is 3.84 Å². The Balaban J connectivity index is 0. The number of rotatable bonds is 0. The predicted molar refractivity (Wildman–Crippen MR) is 22.7 cm³/mol. The zero-order chi connectivity index (χ0) is 2.71. The van der Waals surface area contributed by atoms with E-state index in [-0.39, 0.29) is 17.4 Å². The highest BCUT2D eigenvalue weighted by Crippen LogP contribution is 1.78. The first-order valence-electron chi connectivity index (χ1n) is 0.309. The second-order valence-electron chi connectivity index (χ2n) is 0.0583. The predicted octanol–water partition coefficient (Wildman–Crippen LogP) is 0.127. The van der Waals surface area contributed by atoms with Crippen LogP contribution in [0.25, 0.3) is 0 Å². The largest absolute Gasteiger partial charge is 0.187 e. The monoisotopic (exact) mass is 116 g/mol. The summed E-state index contributed by atoms with van der Waals surface area (Å²) in [6.07, 6.45) is 0. The summed E-state index contributed by atoms with van der Waals surface area (Å²) in [5, 5.41) is 0. The molecule has 0 saturated carbocycles. The third-order valence-electron chi connectivity index (χ3n) is 0. The lowest BCUT2D eigenvalue weighted by Crippen LogP contribution is -1.15. The molecule has 0 bridgehead atoms. The summed E-state index contributed by atoms with van der Waals surface area (Å²) in [5.74, 6) is 0. The molecule has 4 heteroatoms. The van der Waals surface area contributed by atoms with E-state index in [0.29, 0.717) is 0 Å². The van der Waals surface area contributed by atoms with Crippen LogP contribution < -0.4 is 0 Å². The van der Waals surface area contributed by atoms with Gasteiger partial charge in [0.25, 0.3) is 0 Å². The molecule has 0 aromatic rings. The second kappa shape index (κ2) is 8.95. The van der Waals surface area contributed by atoms with Gasteiger partial charge in [-0.1, -0.05) is 0 Å². The van der Waals surface area contributed by atoms with Crippen LogP contribution in [0.15, 0.2) is 0 Å². The van der Waals surface area contributed by atoms with Crippen molar-refractivity contribution in [3.05, 3.63) is 0 Å². The number of hydrogen-bond acceptors (Lipinski definition) is 1. The molecule has 26 valence electrons. The van der Waals surface area contributed by atoms with E-state index < -0.39 is 0 Å². The third kappa shape index (κ3) is 11.5. The molecule has 0 N–H and O–H groups in total. The lowest BCUT2D eigenvalue weighted by Gasteiger charge is -1.46. The Morgan fingerprint density at radius 3 is 1.25 bits per heavy atom. The van der Waals surface area contributed by atoms with Crippen molar-refractivity contribution in [3.63, 3.8) is 0 Å². The van der Waals surface area contributed by atoms with Gasteiger partial charge in [0, 0.05) is 0 Å². The molecule has 0 spiro atoms. The quantitative estimate of drug-likeness (QED) is 0.409. The third-order valence-corrected chi connectivity index (χ3v) is 0. The van der Waals surface area contributed by atoms with Crippen molar-refractivity contribution in [1.82, 2.24) is 0 Å². The molecule has 0 heterocycles. The van der Waals surface area contributed by atoms with Crippen molar-refractivity contribution in [2.75, 3.05) is 0 Å². The van der Waals surface area contributed by atoms with Crippen molar-refractivity contribution in [2.45, 2.75) is 0 Å². The van der Waals surface area contributed by atoms with Gasteiger partial charge in [-0.2, -0.15) is 3.84 Å². The fraction of sp³-hybridized carbons (Fsp3) is 0. The first-order valence-corrected chi connectivity index (χ1v) is 0.926. The minimum Gasteiger partial charge on any atom is -0.166 e. The van der Waals surface area contributed by atoms with E-state index in [1.165, 1.54) is 0 Å². The van der Waals surface area contributed by atoms with Crippen LogP contribution in [0.2, 0.25) is 0 Å². The zero-order valence-corrected chi connectivity index (χ0v) is 2.68. The van der Waals surface area contributed by atoms with Crippen LogP contribution in [0.3, 0.4) is 0 Å². The number of hydrogen-bond donors (Lipinski definition) is 0. The maximum Gasteiger partial charge on any atom is 0.187 e. The Morgan fingerprint density at radius 1 is 1.25 bits per heavy atom. The fourth-order valence-electron chi connectivity index (χ4n) is 0. The summed E-state index contributed by atoms with van der Waals surface area (Å²) >= 11 is 8.53. The van der Waals surface area contributed by atoms with Crippen molar-refractivity contribution in [3.8, 4) is 0 Å². The van der Waals surface area contributed by atoms with E-state index >= 15 is 0 Å². The van der Waals surface area contributed by atoms with Crippen LogP contribution in [0.1, 0.15) is 0 Å². The zero-order valence-electron chi connectivity index (χ0n) is 1.16. The molecule has 0 amide bonds. The molecule has 0 saturated heterocycles. The van der Waals surface area contributed by atoms with Gasteiger partial charge in [0.05, 0.1) is 23.7 Å². The van der Waals surface area contributed by atoms with Crippen molar-refractivity contribution in [2.24, 2.45) is 0 Å². The molecule has 0 aliphatic carbocycles. The highest BCUT2D eigenvalue weighted by molar-refractivity contribution is 6.24. The van der Waals surface area contributed by atoms with E-state index in [4.69, 9.17) is 0 Å². The summed E-state index contributed by atoms with van der Waals surface area (Å²) in [7, 11) is 0. The highest BCUT2D eigenvalue weighted by Gasteiger charge is 1.38. The molecular weight excluding hydrogens is 114 g/mol. The van der Waals surface area contributed by atoms with Gasteiger partial charge in [0.1, 0.15) is 0 Å². The molecule has 0 aromatic heterocycles. The fourth-order valence-corrected chi connectivity index (χ4v) is 0. The molecule has 0 atom stereocenters. The molecule has 1 nitrogen and oxygen atoms in total. The summed E-state index contributed by atoms with van der Waals surface area (Å²) in [6.45, 7) is 0. The van der Waals surface area contributed by atoms with Crippen LogP contribution in [-0.2, 0) is 3.84 Å². The summed E-state index contributed by atoms with van der Waals surface area (Å²) < 4.78 is 3.19. The van der Waals surface area contributed by atoms with Gasteiger partial charge < -0.3 is 0 Å². The maximum absolute atomic E-state index is 4.26. The first kappa shape index (κ1) is 8.91. The average molecular weight is 117 g/mol. The smallest absolute Gasteiger partial charge is 0.166 e. The van der Waals surface area contributed by atoms with E-state index in [0.717, 1.165) is 0 Å². The van der Waals surface area contributed by atoms with Crippen LogP contribution in [0, 0.1) is 0 Å². The van der Waals surface area contributed by atoms with E-state index in [2.05, 4.69) is 27.6 Å². The molecule has 0 unspecified atom stereocenters. The van der Waals surface area contributed by atoms with Gasteiger partial charge >= 0.3 is 0 Å². The minimum absolute atomic E-state index is 0. The van der Waals surface area contributed by atoms with E-state index in [1.54, 1.807) is 0 Å².